The summed E-state index contributed by atoms with van der Waals surface area (Å²) in [4.78, 5) is 12.0. The molecule has 1 heterocycles. The van der Waals surface area contributed by atoms with Crippen LogP contribution in [0.3, 0.4) is 0 Å². The number of nitrogens with zero attached hydrogens (tertiary/aromatic N) is 5. The van der Waals surface area contributed by atoms with Crippen molar-refractivity contribution >= 4 is 28.3 Å². The first-order valence-electron chi connectivity index (χ1n) is 7.98. The molecule has 0 bridgehead atoms. The summed E-state index contributed by atoms with van der Waals surface area (Å²) in [6.07, 6.45) is 0. The minimum absolute atomic E-state index is 0.172. The highest BCUT2D eigenvalue weighted by molar-refractivity contribution is 8.15. The third-order valence-corrected chi connectivity index (χ3v) is 4.64. The topological polar surface area (TPSA) is 85.1 Å². The van der Waals surface area contributed by atoms with Gasteiger partial charge in [-0.1, -0.05) is 35.9 Å². The number of aromatic nitrogens is 4. The molecule has 3 rings (SSSR count). The first-order chi connectivity index (χ1) is 12.5. The molecular formula is C18H18N6OS. The predicted molar refractivity (Wildman–Crippen MR) is 103 cm³/mol. The summed E-state index contributed by atoms with van der Waals surface area (Å²) in [6.45, 7) is 5.44. The van der Waals surface area contributed by atoms with Crippen LogP contribution in [0.4, 0.5) is 5.69 Å². The minimum Gasteiger partial charge on any atom is -0.292 e. The number of Topliss-reactive ketones (excluding diaryl/α,β-unsaturated/α-hetero) is 1. The van der Waals surface area contributed by atoms with E-state index in [0.29, 0.717) is 5.16 Å². The van der Waals surface area contributed by atoms with Crippen LogP contribution in [-0.4, -0.2) is 31.0 Å². The number of thioether (sulfide) groups is 1. The number of para-hydroxylation sites is 1. The summed E-state index contributed by atoms with van der Waals surface area (Å²) in [7, 11) is 0. The lowest BCUT2D eigenvalue weighted by molar-refractivity contribution is -0.110. The van der Waals surface area contributed by atoms with E-state index in [0.717, 1.165) is 34.3 Å². The van der Waals surface area contributed by atoms with Crippen LogP contribution >= 0.6 is 11.8 Å². The zero-order valence-corrected chi connectivity index (χ0v) is 15.5. The van der Waals surface area contributed by atoms with E-state index in [1.54, 1.807) is 4.68 Å². The number of nitrogens with one attached hydrogen (secondary N) is 1. The van der Waals surface area contributed by atoms with Crippen molar-refractivity contribution in [2.24, 2.45) is 5.10 Å². The summed E-state index contributed by atoms with van der Waals surface area (Å²) < 4.78 is 1.58. The normalized spacial score (nSPS) is 11.4. The number of hydrazone groups is 1. The molecule has 0 fully saturated rings. The highest BCUT2D eigenvalue weighted by atomic mass is 32.2. The lowest BCUT2D eigenvalue weighted by atomic mass is 10.2. The van der Waals surface area contributed by atoms with Crippen molar-refractivity contribution in [1.29, 1.82) is 0 Å². The summed E-state index contributed by atoms with van der Waals surface area (Å²) in [5.74, 6) is -0.172. The van der Waals surface area contributed by atoms with E-state index in [2.05, 4.69) is 26.1 Å². The molecule has 0 saturated carbocycles. The zero-order chi connectivity index (χ0) is 18.5. The largest absolute Gasteiger partial charge is 0.292 e. The molecule has 26 heavy (non-hydrogen) atoms. The Labute approximate surface area is 155 Å². The van der Waals surface area contributed by atoms with Crippen molar-refractivity contribution in [2.45, 2.75) is 25.9 Å². The monoisotopic (exact) mass is 366 g/mol. The molecule has 8 heteroatoms. The van der Waals surface area contributed by atoms with Gasteiger partial charge in [0, 0.05) is 6.92 Å². The fourth-order valence-electron chi connectivity index (χ4n) is 2.16. The highest BCUT2D eigenvalue weighted by Gasteiger charge is 2.16. The van der Waals surface area contributed by atoms with Crippen LogP contribution in [0.25, 0.3) is 5.69 Å². The molecule has 0 atom stereocenters. The van der Waals surface area contributed by atoms with Crippen molar-refractivity contribution in [3.63, 3.8) is 0 Å². The van der Waals surface area contributed by atoms with Crippen LogP contribution < -0.4 is 5.43 Å². The minimum atomic E-state index is -0.172. The van der Waals surface area contributed by atoms with Gasteiger partial charge in [0.25, 0.3) is 0 Å². The number of aryl methyl sites for hydroxylation is 2. The van der Waals surface area contributed by atoms with Gasteiger partial charge in [-0.15, -0.1) is 5.10 Å². The van der Waals surface area contributed by atoms with Gasteiger partial charge in [-0.2, -0.15) is 9.78 Å². The van der Waals surface area contributed by atoms with Gasteiger partial charge >= 0.3 is 0 Å². The van der Waals surface area contributed by atoms with Gasteiger partial charge in [-0.25, -0.2) is 0 Å². The lowest BCUT2D eigenvalue weighted by Crippen LogP contribution is -2.10. The summed E-state index contributed by atoms with van der Waals surface area (Å²) in [5, 5.41) is 16.7. The second-order valence-electron chi connectivity index (χ2n) is 5.71. The van der Waals surface area contributed by atoms with Crippen LogP contribution in [0.15, 0.2) is 58.8 Å². The summed E-state index contributed by atoms with van der Waals surface area (Å²) in [6, 6.07) is 15.5. The van der Waals surface area contributed by atoms with E-state index in [9.17, 15) is 4.79 Å². The summed E-state index contributed by atoms with van der Waals surface area (Å²) in [5.41, 5.74) is 6.78. The number of carbonyl (C=O) groups excluding carboxylic acids is 1. The average molecular weight is 366 g/mol. The van der Waals surface area contributed by atoms with Crippen LogP contribution in [-0.2, 0) is 4.79 Å². The molecule has 0 saturated heterocycles. The van der Waals surface area contributed by atoms with Crippen LogP contribution in [0.2, 0.25) is 0 Å². The number of hydrogen-bond acceptors (Lipinski definition) is 7. The van der Waals surface area contributed by atoms with Gasteiger partial charge in [0.2, 0.25) is 5.16 Å². The van der Waals surface area contributed by atoms with Crippen LogP contribution in [0.5, 0.6) is 0 Å². The van der Waals surface area contributed by atoms with E-state index in [-0.39, 0.29) is 10.8 Å². The fourth-order valence-corrected chi connectivity index (χ4v) is 2.87. The Bertz CT molecular complexity index is 948. The molecule has 2 aromatic carbocycles. The standard InChI is InChI=1S/C18H18N6OS/c1-12-8-10-15(11-9-12)24-18(21-22-23-24)26-17(14(3)25)20-19-16-7-5-4-6-13(16)2/h4-11,19H,1-3H3/b20-17-. The van der Waals surface area contributed by atoms with Gasteiger partial charge in [0.05, 0.1) is 11.4 Å². The van der Waals surface area contributed by atoms with E-state index in [4.69, 9.17) is 0 Å². The Morgan fingerprint density at radius 1 is 1.12 bits per heavy atom. The molecule has 0 spiro atoms. The number of ketones is 1. The Balaban J connectivity index is 1.84. The number of benzene rings is 2. The Morgan fingerprint density at radius 3 is 2.54 bits per heavy atom. The maximum atomic E-state index is 12.0. The highest BCUT2D eigenvalue weighted by Crippen LogP contribution is 2.21. The molecule has 0 unspecified atom stereocenters. The molecular weight excluding hydrogens is 348 g/mol. The second-order valence-corrected chi connectivity index (χ2v) is 6.67. The molecule has 132 valence electrons. The maximum absolute atomic E-state index is 12.0. The van der Waals surface area contributed by atoms with Crippen molar-refractivity contribution < 1.29 is 4.79 Å². The Hall–Kier alpha value is -3.00. The zero-order valence-electron chi connectivity index (χ0n) is 14.7. The average Bonchev–Trinajstić information content (AvgIpc) is 3.08. The number of tetrazole rings is 1. The predicted octanol–water partition coefficient (Wildman–Crippen LogP) is 3.39. The summed E-state index contributed by atoms with van der Waals surface area (Å²) >= 11 is 1.12. The molecule has 7 nitrogen and oxygen atoms in total. The number of anilines is 1. The number of rotatable bonds is 5. The number of carbonyl (C=O) groups is 1. The van der Waals surface area contributed by atoms with E-state index in [1.165, 1.54) is 6.92 Å². The molecule has 0 amide bonds. The van der Waals surface area contributed by atoms with E-state index in [1.807, 2.05) is 62.4 Å². The van der Waals surface area contributed by atoms with Gasteiger partial charge in [-0.05, 0) is 59.8 Å². The molecule has 1 aromatic heterocycles. The maximum Gasteiger partial charge on any atom is 0.220 e. The molecule has 0 aliphatic rings. The smallest absolute Gasteiger partial charge is 0.220 e. The van der Waals surface area contributed by atoms with Crippen LogP contribution in [0, 0.1) is 13.8 Å². The SMILES string of the molecule is CC(=O)/C(=N/Nc1ccccc1C)Sc1nnnn1-c1ccc(C)cc1. The van der Waals surface area contributed by atoms with Crippen molar-refractivity contribution in [3.05, 3.63) is 59.7 Å². The van der Waals surface area contributed by atoms with Crippen LogP contribution in [0.1, 0.15) is 18.1 Å². The third kappa shape index (κ3) is 4.15. The van der Waals surface area contributed by atoms with Gasteiger partial charge in [0.1, 0.15) is 0 Å². The van der Waals surface area contributed by atoms with Gasteiger partial charge in [0.15, 0.2) is 10.8 Å². The van der Waals surface area contributed by atoms with E-state index < -0.39 is 0 Å². The number of hydrogen-bond donors (Lipinski definition) is 1. The van der Waals surface area contributed by atoms with Crippen molar-refractivity contribution in [1.82, 2.24) is 20.2 Å². The van der Waals surface area contributed by atoms with Crippen molar-refractivity contribution in [2.75, 3.05) is 5.43 Å². The Morgan fingerprint density at radius 2 is 1.85 bits per heavy atom. The molecule has 0 radical (unpaired) electrons. The Kier molecular flexibility index (Phi) is 5.43. The van der Waals surface area contributed by atoms with Crippen molar-refractivity contribution in [3.8, 4) is 5.69 Å². The first-order valence-corrected chi connectivity index (χ1v) is 8.80. The molecule has 1 N–H and O–H groups in total. The quantitative estimate of drug-likeness (QED) is 0.322. The first kappa shape index (κ1) is 17.8. The second kappa shape index (κ2) is 7.92. The van der Waals surface area contributed by atoms with Gasteiger partial charge < -0.3 is 0 Å². The fraction of sp³-hybridized carbons (Fsp3) is 0.167. The van der Waals surface area contributed by atoms with Gasteiger partial charge in [-0.3, -0.25) is 10.2 Å². The molecule has 3 aromatic rings. The molecule has 0 aliphatic carbocycles. The lowest BCUT2D eigenvalue weighted by Gasteiger charge is -2.07. The van der Waals surface area contributed by atoms with E-state index >= 15 is 0 Å². The molecule has 0 aliphatic heterocycles. The third-order valence-electron chi connectivity index (χ3n) is 3.63.